The molecule has 0 spiro atoms. The molecule has 0 aromatic heterocycles. The number of nitro groups is 1. The quantitative estimate of drug-likeness (QED) is 0.251. The second-order valence-corrected chi connectivity index (χ2v) is 7.28. The summed E-state index contributed by atoms with van der Waals surface area (Å²) in [4.78, 5) is 35.0. The number of nitrogens with zero attached hydrogens (tertiary/aromatic N) is 1. The van der Waals surface area contributed by atoms with Gasteiger partial charge in [-0.25, -0.2) is 4.79 Å². The molecule has 0 saturated heterocycles. The number of hydrogen-bond acceptors (Lipinski definition) is 7. The maximum absolute atomic E-state index is 12.4. The fourth-order valence-corrected chi connectivity index (χ4v) is 3.03. The number of carbonyl (C=O) groups is 2. The minimum atomic E-state index is -0.786. The van der Waals surface area contributed by atoms with Gasteiger partial charge in [0.25, 0.3) is 5.91 Å². The first kappa shape index (κ1) is 23.8. The highest BCUT2D eigenvalue weighted by Crippen LogP contribution is 2.38. The van der Waals surface area contributed by atoms with Crippen LogP contribution in [0.4, 0.5) is 11.4 Å². The number of para-hydroxylation sites is 1. The van der Waals surface area contributed by atoms with Crippen LogP contribution in [0.1, 0.15) is 10.4 Å². The van der Waals surface area contributed by atoms with Crippen molar-refractivity contribution in [2.45, 2.75) is 0 Å². The van der Waals surface area contributed by atoms with Crippen molar-refractivity contribution < 1.29 is 28.7 Å². The minimum absolute atomic E-state index is 0.0609. The Hall–Kier alpha value is -3.82. The number of carbonyl (C=O) groups excluding carboxylic acids is 2. The smallest absolute Gasteiger partial charge is 0.338 e. The SMILES string of the molecule is COc1cc(C(=O)OCC(=O)Nc2ccccc2Cl)ccc1Oc1ccc(Cl)cc1[N+](=O)[O-]. The molecule has 0 heterocycles. The summed E-state index contributed by atoms with van der Waals surface area (Å²) in [5, 5.41) is 14.3. The molecule has 1 amide bonds. The predicted molar refractivity (Wildman–Crippen MR) is 122 cm³/mol. The average Bonchev–Trinajstić information content (AvgIpc) is 2.80. The van der Waals surface area contributed by atoms with E-state index in [1.54, 1.807) is 24.3 Å². The average molecular weight is 491 g/mol. The number of nitro benzene ring substituents is 1. The highest BCUT2D eigenvalue weighted by Gasteiger charge is 2.20. The van der Waals surface area contributed by atoms with Crippen molar-refractivity contribution in [1.29, 1.82) is 0 Å². The number of hydrogen-bond donors (Lipinski definition) is 1. The van der Waals surface area contributed by atoms with E-state index in [1.807, 2.05) is 0 Å². The molecule has 0 saturated carbocycles. The van der Waals surface area contributed by atoms with Crippen molar-refractivity contribution >= 4 is 46.5 Å². The van der Waals surface area contributed by atoms with Gasteiger partial charge < -0.3 is 19.5 Å². The van der Waals surface area contributed by atoms with Gasteiger partial charge >= 0.3 is 11.7 Å². The predicted octanol–water partition coefficient (Wildman–Crippen LogP) is 5.50. The van der Waals surface area contributed by atoms with Crippen molar-refractivity contribution in [2.75, 3.05) is 19.0 Å². The van der Waals surface area contributed by atoms with Crippen LogP contribution < -0.4 is 14.8 Å². The first-order chi connectivity index (χ1) is 15.8. The molecule has 1 N–H and O–H groups in total. The number of benzene rings is 3. The summed E-state index contributed by atoms with van der Waals surface area (Å²) in [6, 6.07) is 14.6. The maximum atomic E-state index is 12.4. The van der Waals surface area contributed by atoms with Gasteiger partial charge in [0, 0.05) is 11.1 Å². The van der Waals surface area contributed by atoms with E-state index in [4.69, 9.17) is 37.4 Å². The number of rotatable bonds is 8. The van der Waals surface area contributed by atoms with E-state index in [9.17, 15) is 19.7 Å². The summed E-state index contributed by atoms with van der Waals surface area (Å²) >= 11 is 11.8. The Labute approximate surface area is 197 Å². The van der Waals surface area contributed by atoms with Crippen LogP contribution in [-0.4, -0.2) is 30.5 Å². The highest BCUT2D eigenvalue weighted by atomic mass is 35.5. The summed E-state index contributed by atoms with van der Waals surface area (Å²) in [5.74, 6) is -1.18. The zero-order valence-corrected chi connectivity index (χ0v) is 18.6. The minimum Gasteiger partial charge on any atom is -0.493 e. The molecule has 0 unspecified atom stereocenters. The lowest BCUT2D eigenvalue weighted by molar-refractivity contribution is -0.385. The summed E-state index contributed by atoms with van der Waals surface area (Å²) < 4.78 is 15.9. The van der Waals surface area contributed by atoms with Gasteiger partial charge in [0.05, 0.1) is 28.3 Å². The van der Waals surface area contributed by atoms with E-state index in [2.05, 4.69) is 5.32 Å². The lowest BCUT2D eigenvalue weighted by Crippen LogP contribution is -2.21. The van der Waals surface area contributed by atoms with E-state index in [1.165, 1.54) is 37.4 Å². The topological polar surface area (TPSA) is 117 Å². The molecule has 0 aliphatic heterocycles. The van der Waals surface area contributed by atoms with E-state index < -0.39 is 23.4 Å². The van der Waals surface area contributed by atoms with Crippen molar-refractivity contribution in [3.8, 4) is 17.2 Å². The first-order valence-electron chi connectivity index (χ1n) is 9.30. The van der Waals surface area contributed by atoms with E-state index >= 15 is 0 Å². The third-order valence-electron chi connectivity index (χ3n) is 4.22. The molecule has 33 heavy (non-hydrogen) atoms. The lowest BCUT2D eigenvalue weighted by Gasteiger charge is -2.12. The van der Waals surface area contributed by atoms with Gasteiger partial charge in [0.1, 0.15) is 0 Å². The number of ether oxygens (including phenoxy) is 3. The number of amides is 1. The summed E-state index contributed by atoms with van der Waals surface area (Å²) in [5.41, 5.74) is 0.132. The Morgan fingerprint density at radius 3 is 2.42 bits per heavy atom. The number of methoxy groups -OCH3 is 1. The van der Waals surface area contributed by atoms with E-state index in [0.717, 1.165) is 6.07 Å². The van der Waals surface area contributed by atoms with Crippen molar-refractivity contribution in [3.63, 3.8) is 0 Å². The van der Waals surface area contributed by atoms with Crippen molar-refractivity contribution in [1.82, 2.24) is 0 Å². The van der Waals surface area contributed by atoms with Crippen LogP contribution in [0.3, 0.4) is 0 Å². The first-order valence-corrected chi connectivity index (χ1v) is 10.1. The van der Waals surface area contributed by atoms with Crippen LogP contribution in [0.15, 0.2) is 60.7 Å². The highest BCUT2D eigenvalue weighted by molar-refractivity contribution is 6.33. The molecule has 0 aliphatic rings. The molecule has 9 nitrogen and oxygen atoms in total. The van der Waals surface area contributed by atoms with Crippen molar-refractivity contribution in [2.24, 2.45) is 0 Å². The van der Waals surface area contributed by atoms with Gasteiger partial charge in [0.2, 0.25) is 5.75 Å². The van der Waals surface area contributed by atoms with E-state index in [0.29, 0.717) is 10.7 Å². The third kappa shape index (κ3) is 6.12. The summed E-state index contributed by atoms with van der Waals surface area (Å²) in [6.45, 7) is -0.540. The second-order valence-electron chi connectivity index (χ2n) is 6.44. The van der Waals surface area contributed by atoms with Crippen LogP contribution in [0.25, 0.3) is 0 Å². The van der Waals surface area contributed by atoms with Crippen LogP contribution >= 0.6 is 23.2 Å². The molecule has 0 atom stereocenters. The molecule has 3 aromatic rings. The van der Waals surface area contributed by atoms with Gasteiger partial charge in [-0.3, -0.25) is 14.9 Å². The van der Waals surface area contributed by atoms with E-state index in [-0.39, 0.29) is 33.5 Å². The molecule has 3 aromatic carbocycles. The van der Waals surface area contributed by atoms with Crippen LogP contribution in [0, 0.1) is 10.1 Å². The van der Waals surface area contributed by atoms with Gasteiger partial charge in [-0.2, -0.15) is 0 Å². The number of anilines is 1. The fraction of sp³-hybridized carbons (Fsp3) is 0.0909. The molecule has 0 fully saturated rings. The third-order valence-corrected chi connectivity index (χ3v) is 4.78. The van der Waals surface area contributed by atoms with Crippen molar-refractivity contribution in [3.05, 3.63) is 86.4 Å². The molecule has 3 rings (SSSR count). The summed E-state index contributed by atoms with van der Waals surface area (Å²) in [6.07, 6.45) is 0. The van der Waals surface area contributed by atoms with Crippen LogP contribution in [0.2, 0.25) is 10.0 Å². The van der Waals surface area contributed by atoms with Crippen LogP contribution in [-0.2, 0) is 9.53 Å². The normalized spacial score (nSPS) is 10.3. The Balaban J connectivity index is 1.69. The second kappa shape index (κ2) is 10.7. The largest absolute Gasteiger partial charge is 0.493 e. The molecule has 0 aliphatic carbocycles. The molecular formula is C22H16Cl2N2O7. The Bertz CT molecular complexity index is 1220. The zero-order chi connectivity index (χ0) is 24.0. The monoisotopic (exact) mass is 490 g/mol. The number of halogens is 2. The molecular weight excluding hydrogens is 475 g/mol. The Kier molecular flexibility index (Phi) is 7.70. The number of esters is 1. The van der Waals surface area contributed by atoms with Crippen LogP contribution in [0.5, 0.6) is 17.2 Å². The fourth-order valence-electron chi connectivity index (χ4n) is 2.68. The maximum Gasteiger partial charge on any atom is 0.338 e. The molecule has 170 valence electrons. The molecule has 0 bridgehead atoms. The molecule has 11 heteroatoms. The summed E-state index contributed by atoms with van der Waals surface area (Å²) in [7, 11) is 1.34. The zero-order valence-electron chi connectivity index (χ0n) is 17.0. The van der Waals surface area contributed by atoms with Gasteiger partial charge in [-0.1, -0.05) is 35.3 Å². The van der Waals surface area contributed by atoms with Gasteiger partial charge in [0.15, 0.2) is 18.1 Å². The van der Waals surface area contributed by atoms with Gasteiger partial charge in [-0.05, 0) is 42.5 Å². The Morgan fingerprint density at radius 1 is 1.00 bits per heavy atom. The standard InChI is InChI=1S/C22H16Cl2N2O7/c1-31-20-10-13(22(28)32-12-21(27)25-16-5-3-2-4-15(16)24)6-8-19(20)33-18-9-7-14(23)11-17(18)26(29)30/h2-11H,12H2,1H3,(H,25,27). The van der Waals surface area contributed by atoms with Gasteiger partial charge in [-0.15, -0.1) is 0 Å². The molecule has 0 radical (unpaired) electrons. The number of nitrogens with one attached hydrogen (secondary N) is 1. The Morgan fingerprint density at radius 2 is 1.73 bits per heavy atom. The lowest BCUT2D eigenvalue weighted by atomic mass is 10.2.